The summed E-state index contributed by atoms with van der Waals surface area (Å²) in [6.07, 6.45) is 6.79. The lowest BCUT2D eigenvalue weighted by molar-refractivity contribution is 0.0787. The summed E-state index contributed by atoms with van der Waals surface area (Å²) in [6.45, 7) is 6.70. The monoisotopic (exact) mass is 350 g/mol. The maximum absolute atomic E-state index is 5.80. The Labute approximate surface area is 155 Å². The second-order valence-corrected chi connectivity index (χ2v) is 7.90. The molecule has 3 aliphatic heterocycles. The zero-order valence-corrected chi connectivity index (χ0v) is 15.1. The molecular weight excluding hydrogens is 324 g/mol. The Morgan fingerprint density at radius 1 is 0.962 bits per heavy atom. The number of hydrogen-bond donors (Lipinski definition) is 0. The van der Waals surface area contributed by atoms with Crippen LogP contribution in [0.1, 0.15) is 12.8 Å². The number of likely N-dealkylation sites (tertiary alicyclic amines) is 1. The van der Waals surface area contributed by atoms with E-state index < -0.39 is 0 Å². The van der Waals surface area contributed by atoms with Crippen LogP contribution in [0.4, 0.5) is 5.82 Å². The molecule has 2 aromatic rings. The molecule has 136 valence electrons. The lowest BCUT2D eigenvalue weighted by Gasteiger charge is -2.24. The van der Waals surface area contributed by atoms with Gasteiger partial charge in [0.05, 0.1) is 24.2 Å². The smallest absolute Gasteiger partial charge is 0.147 e. The van der Waals surface area contributed by atoms with Crippen LogP contribution in [0.3, 0.4) is 0 Å². The van der Waals surface area contributed by atoms with Gasteiger partial charge in [0.25, 0.3) is 0 Å². The molecule has 0 amide bonds. The molecule has 3 unspecified atom stereocenters. The molecule has 4 heterocycles. The van der Waals surface area contributed by atoms with Gasteiger partial charge in [0, 0.05) is 44.9 Å². The minimum Gasteiger partial charge on any atom is -0.377 e. The second kappa shape index (κ2) is 6.97. The highest BCUT2D eigenvalue weighted by atomic mass is 16.5. The Morgan fingerprint density at radius 2 is 1.77 bits per heavy atom. The van der Waals surface area contributed by atoms with Crippen molar-refractivity contribution in [2.45, 2.75) is 18.9 Å². The number of hydrogen-bond acceptors (Lipinski definition) is 5. The quantitative estimate of drug-likeness (QED) is 0.848. The van der Waals surface area contributed by atoms with Gasteiger partial charge in [-0.3, -0.25) is 4.98 Å². The fourth-order valence-corrected chi connectivity index (χ4v) is 4.75. The van der Waals surface area contributed by atoms with Crippen molar-refractivity contribution in [2.24, 2.45) is 11.8 Å². The van der Waals surface area contributed by atoms with Gasteiger partial charge in [-0.05, 0) is 24.7 Å². The Kier molecular flexibility index (Phi) is 4.35. The summed E-state index contributed by atoms with van der Waals surface area (Å²) in [6, 6.07) is 10.2. The van der Waals surface area contributed by atoms with Crippen molar-refractivity contribution in [3.8, 4) is 11.3 Å². The van der Waals surface area contributed by atoms with E-state index in [1.165, 1.54) is 25.9 Å². The molecule has 1 aromatic heterocycles. The third kappa shape index (κ3) is 3.21. The summed E-state index contributed by atoms with van der Waals surface area (Å²) in [4.78, 5) is 14.4. The Hall–Kier alpha value is -1.98. The van der Waals surface area contributed by atoms with Crippen LogP contribution in [-0.2, 0) is 4.74 Å². The summed E-state index contributed by atoms with van der Waals surface area (Å²) < 4.78 is 5.80. The largest absolute Gasteiger partial charge is 0.377 e. The Morgan fingerprint density at radius 3 is 2.42 bits per heavy atom. The fraction of sp³-hybridized carbons (Fsp3) is 0.524. The number of anilines is 1. The van der Waals surface area contributed by atoms with Gasteiger partial charge >= 0.3 is 0 Å². The summed E-state index contributed by atoms with van der Waals surface area (Å²) >= 11 is 0. The van der Waals surface area contributed by atoms with E-state index in [9.17, 15) is 0 Å². The number of rotatable bonds is 4. The Bertz CT molecular complexity index is 715. The predicted octanol–water partition coefficient (Wildman–Crippen LogP) is 2.69. The fourth-order valence-electron chi connectivity index (χ4n) is 4.75. The summed E-state index contributed by atoms with van der Waals surface area (Å²) in [5.41, 5.74) is 2.06. The van der Waals surface area contributed by atoms with E-state index in [4.69, 9.17) is 9.72 Å². The van der Waals surface area contributed by atoms with Crippen molar-refractivity contribution < 1.29 is 4.74 Å². The second-order valence-electron chi connectivity index (χ2n) is 7.90. The normalized spacial score (nSPS) is 28.6. The lowest BCUT2D eigenvalue weighted by Crippen LogP contribution is -2.34. The first-order valence-corrected chi connectivity index (χ1v) is 9.81. The molecule has 3 saturated heterocycles. The molecule has 5 rings (SSSR count). The summed E-state index contributed by atoms with van der Waals surface area (Å²) in [5, 5.41) is 0. The van der Waals surface area contributed by atoms with E-state index in [1.807, 2.05) is 30.6 Å². The molecule has 5 heteroatoms. The highest BCUT2D eigenvalue weighted by molar-refractivity contribution is 5.58. The first-order valence-electron chi connectivity index (χ1n) is 9.81. The molecule has 5 nitrogen and oxygen atoms in total. The molecule has 0 aliphatic carbocycles. The first-order chi connectivity index (χ1) is 12.8. The van der Waals surface area contributed by atoms with Crippen LogP contribution in [0.15, 0.2) is 42.7 Å². The molecule has 0 radical (unpaired) electrons. The van der Waals surface area contributed by atoms with Gasteiger partial charge in [0.15, 0.2) is 0 Å². The highest BCUT2D eigenvalue weighted by Crippen LogP contribution is 2.34. The van der Waals surface area contributed by atoms with Gasteiger partial charge in [-0.1, -0.05) is 30.3 Å². The molecule has 3 atom stereocenters. The zero-order valence-electron chi connectivity index (χ0n) is 15.1. The van der Waals surface area contributed by atoms with Crippen molar-refractivity contribution in [3.05, 3.63) is 42.7 Å². The third-order valence-corrected chi connectivity index (χ3v) is 6.08. The number of ether oxygens (including phenoxy) is 1. The highest BCUT2D eigenvalue weighted by Gasteiger charge is 2.41. The standard InChI is InChI=1S/C21H26N4O/c1-2-5-16(6-3-1)20-9-23-21(10-22-20)25-13-17-11-24(12-18(17)14-25)15-19-7-4-8-26-19/h1-3,5-6,9-10,17-19H,4,7-8,11-15H2. The first kappa shape index (κ1) is 16.2. The molecule has 3 aliphatic rings. The molecule has 0 N–H and O–H groups in total. The van der Waals surface area contributed by atoms with Crippen molar-refractivity contribution in [3.63, 3.8) is 0 Å². The van der Waals surface area contributed by atoms with Crippen LogP contribution in [0.2, 0.25) is 0 Å². The van der Waals surface area contributed by atoms with E-state index in [2.05, 4.69) is 26.9 Å². The summed E-state index contributed by atoms with van der Waals surface area (Å²) in [5.74, 6) is 2.53. The van der Waals surface area contributed by atoms with Crippen LogP contribution >= 0.6 is 0 Å². The third-order valence-electron chi connectivity index (χ3n) is 6.08. The molecular formula is C21H26N4O. The van der Waals surface area contributed by atoms with Gasteiger partial charge < -0.3 is 14.5 Å². The zero-order chi connectivity index (χ0) is 17.3. The van der Waals surface area contributed by atoms with Crippen molar-refractivity contribution in [1.29, 1.82) is 0 Å². The molecule has 0 bridgehead atoms. The molecule has 3 fully saturated rings. The Balaban J connectivity index is 1.20. The van der Waals surface area contributed by atoms with Gasteiger partial charge in [-0.2, -0.15) is 0 Å². The number of nitrogens with zero attached hydrogens (tertiary/aromatic N) is 4. The van der Waals surface area contributed by atoms with Gasteiger partial charge in [0.1, 0.15) is 5.82 Å². The maximum Gasteiger partial charge on any atom is 0.147 e. The van der Waals surface area contributed by atoms with E-state index in [0.29, 0.717) is 6.10 Å². The number of aromatic nitrogens is 2. The van der Waals surface area contributed by atoms with E-state index in [-0.39, 0.29) is 0 Å². The minimum absolute atomic E-state index is 0.473. The van der Waals surface area contributed by atoms with E-state index in [1.54, 1.807) is 0 Å². The van der Waals surface area contributed by atoms with Gasteiger partial charge in [0.2, 0.25) is 0 Å². The number of fused-ring (bicyclic) bond motifs is 1. The topological polar surface area (TPSA) is 41.5 Å². The molecule has 0 saturated carbocycles. The summed E-state index contributed by atoms with van der Waals surface area (Å²) in [7, 11) is 0. The van der Waals surface area contributed by atoms with Crippen LogP contribution in [0.25, 0.3) is 11.3 Å². The van der Waals surface area contributed by atoms with Crippen LogP contribution in [0.5, 0.6) is 0 Å². The van der Waals surface area contributed by atoms with Crippen LogP contribution < -0.4 is 4.90 Å². The molecule has 1 aromatic carbocycles. The van der Waals surface area contributed by atoms with E-state index >= 15 is 0 Å². The van der Waals surface area contributed by atoms with Gasteiger partial charge in [-0.15, -0.1) is 0 Å². The average Bonchev–Trinajstić information content (AvgIpc) is 3.40. The average molecular weight is 350 g/mol. The minimum atomic E-state index is 0.473. The SMILES string of the molecule is c1ccc(-c2cnc(N3CC4CN(CC5CCCO5)CC4C3)cn2)cc1. The van der Waals surface area contributed by atoms with Crippen molar-refractivity contribution in [1.82, 2.24) is 14.9 Å². The van der Waals surface area contributed by atoms with Crippen LogP contribution in [-0.4, -0.2) is 60.3 Å². The maximum atomic E-state index is 5.80. The van der Waals surface area contributed by atoms with Crippen LogP contribution in [0, 0.1) is 11.8 Å². The van der Waals surface area contributed by atoms with E-state index in [0.717, 1.165) is 55.2 Å². The van der Waals surface area contributed by atoms with Crippen molar-refractivity contribution >= 4 is 5.82 Å². The predicted molar refractivity (Wildman–Crippen MR) is 102 cm³/mol. The molecule has 0 spiro atoms. The van der Waals surface area contributed by atoms with Gasteiger partial charge in [-0.25, -0.2) is 4.98 Å². The lowest BCUT2D eigenvalue weighted by atomic mass is 10.0. The van der Waals surface area contributed by atoms with Crippen molar-refractivity contribution in [2.75, 3.05) is 44.2 Å². The number of benzene rings is 1. The molecule has 26 heavy (non-hydrogen) atoms.